The number of para-hydroxylation sites is 3. The van der Waals surface area contributed by atoms with Crippen LogP contribution in [0.4, 0.5) is 11.4 Å². The number of benzene rings is 6. The monoisotopic (exact) mass is 727 g/mol. The Hall–Kier alpha value is -6.49. The van der Waals surface area contributed by atoms with Crippen LogP contribution in [-0.4, -0.2) is 9.55 Å². The van der Waals surface area contributed by atoms with Crippen LogP contribution in [-0.2, 0) is 11.8 Å². The summed E-state index contributed by atoms with van der Waals surface area (Å²) in [5.41, 5.74) is 13.3. The third-order valence-electron chi connectivity index (χ3n) is 10.7. The molecule has 4 heteroatoms. The van der Waals surface area contributed by atoms with Crippen molar-refractivity contribution in [1.29, 1.82) is 0 Å². The van der Waals surface area contributed by atoms with Gasteiger partial charge in [0.25, 0.3) is 0 Å². The van der Waals surface area contributed by atoms with Crippen LogP contribution in [0.2, 0.25) is 0 Å². The third-order valence-corrected chi connectivity index (χ3v) is 11.9. The molecule has 0 radical (unpaired) electrons. The highest BCUT2D eigenvalue weighted by molar-refractivity contribution is 7.18. The zero-order valence-corrected chi connectivity index (χ0v) is 31.9. The number of anilines is 2. The Bertz CT molecular complexity index is 2690. The lowest BCUT2D eigenvalue weighted by Crippen LogP contribution is -2.22. The molecule has 0 saturated carbocycles. The summed E-state index contributed by atoms with van der Waals surface area (Å²) < 4.78 is 2.25. The molecule has 2 heterocycles. The Balaban J connectivity index is 1.14. The molecule has 6 aromatic carbocycles. The molecule has 55 heavy (non-hydrogen) atoms. The lowest BCUT2D eigenvalue weighted by atomic mass is 9.75. The number of thiophene rings is 1. The zero-order chi connectivity index (χ0) is 37.4. The van der Waals surface area contributed by atoms with Crippen LogP contribution < -0.4 is 4.90 Å². The number of aromatic nitrogens is 2. The molecule has 9 rings (SSSR count). The highest BCUT2D eigenvalue weighted by Gasteiger charge is 2.27. The molecule has 1 aliphatic rings. The smallest absolute Gasteiger partial charge is 0.145 e. The molecule has 0 bridgehead atoms. The summed E-state index contributed by atoms with van der Waals surface area (Å²) in [5.74, 6) is 0.912. The van der Waals surface area contributed by atoms with E-state index in [0.717, 1.165) is 57.2 Å². The van der Waals surface area contributed by atoms with Crippen LogP contribution in [0.1, 0.15) is 25.0 Å². The summed E-state index contributed by atoms with van der Waals surface area (Å²) >= 11 is 1.82. The standard InChI is InChI=1S/C51H41N3S/c1-36-35-44(21-14-18-37-15-10-11-22-45(37)51(36,2)3)53(42-29-25-39(26-30-42)49-34-33-48(55-49)38-16-6-4-7-17-38)43-31-27-40(28-32-43)50-52-46-23-12-13-24-47(46)54(50)41-19-8-5-9-20-41/h4-17,19-35H,1,18H2,2-3H3/b21-14-,44-35+. The zero-order valence-electron chi connectivity index (χ0n) is 31.1. The van der Waals surface area contributed by atoms with Crippen molar-refractivity contribution in [3.05, 3.63) is 217 Å². The lowest BCUT2D eigenvalue weighted by Gasteiger charge is -2.31. The fraction of sp³-hybridized carbons (Fsp3) is 0.0784. The van der Waals surface area contributed by atoms with Crippen molar-refractivity contribution in [2.24, 2.45) is 0 Å². The van der Waals surface area contributed by atoms with E-state index in [0.29, 0.717) is 0 Å². The van der Waals surface area contributed by atoms with Gasteiger partial charge in [-0.2, -0.15) is 0 Å². The first kappa shape index (κ1) is 34.3. The number of hydrogen-bond acceptors (Lipinski definition) is 3. The first-order valence-electron chi connectivity index (χ1n) is 18.8. The number of allylic oxidation sites excluding steroid dienone is 4. The number of nitrogens with zero attached hydrogens (tertiary/aromatic N) is 3. The van der Waals surface area contributed by atoms with E-state index in [-0.39, 0.29) is 5.41 Å². The third kappa shape index (κ3) is 6.56. The van der Waals surface area contributed by atoms with Gasteiger partial charge in [-0.25, -0.2) is 4.98 Å². The number of imidazole rings is 1. The quantitative estimate of drug-likeness (QED) is 0.163. The minimum atomic E-state index is -0.251. The molecule has 0 unspecified atom stereocenters. The first-order valence-corrected chi connectivity index (χ1v) is 19.6. The summed E-state index contributed by atoms with van der Waals surface area (Å²) in [4.78, 5) is 10.0. The molecule has 2 aromatic heterocycles. The second kappa shape index (κ2) is 14.4. The molecule has 1 aliphatic carbocycles. The van der Waals surface area contributed by atoms with Crippen LogP contribution in [0, 0.1) is 0 Å². The predicted octanol–water partition coefficient (Wildman–Crippen LogP) is 13.8. The average Bonchev–Trinajstić information content (AvgIpc) is 3.89. The fourth-order valence-corrected chi connectivity index (χ4v) is 8.64. The van der Waals surface area contributed by atoms with E-state index in [1.54, 1.807) is 0 Å². The largest absolute Gasteiger partial charge is 0.311 e. The van der Waals surface area contributed by atoms with Crippen molar-refractivity contribution < 1.29 is 0 Å². The molecule has 0 fully saturated rings. The Morgan fingerprint density at radius 2 is 1.20 bits per heavy atom. The molecule has 8 aromatic rings. The Morgan fingerprint density at radius 1 is 0.618 bits per heavy atom. The van der Waals surface area contributed by atoms with Crippen molar-refractivity contribution in [2.75, 3.05) is 4.90 Å². The minimum absolute atomic E-state index is 0.251. The molecule has 0 N–H and O–H groups in total. The van der Waals surface area contributed by atoms with E-state index < -0.39 is 0 Å². The van der Waals surface area contributed by atoms with E-state index in [9.17, 15) is 0 Å². The molecule has 0 saturated heterocycles. The first-order chi connectivity index (χ1) is 26.9. The number of hydrogen-bond donors (Lipinski definition) is 0. The van der Waals surface area contributed by atoms with Gasteiger partial charge in [0.05, 0.1) is 11.0 Å². The van der Waals surface area contributed by atoms with Crippen LogP contribution in [0.5, 0.6) is 0 Å². The van der Waals surface area contributed by atoms with Crippen molar-refractivity contribution in [2.45, 2.75) is 25.7 Å². The molecule has 0 spiro atoms. The van der Waals surface area contributed by atoms with Crippen molar-refractivity contribution in [3.8, 4) is 38.0 Å². The summed E-state index contributed by atoms with van der Waals surface area (Å²) in [6.45, 7) is 9.24. The minimum Gasteiger partial charge on any atom is -0.311 e. The van der Waals surface area contributed by atoms with Gasteiger partial charge < -0.3 is 4.90 Å². The molecule has 266 valence electrons. The lowest BCUT2D eigenvalue weighted by molar-refractivity contribution is 0.634. The topological polar surface area (TPSA) is 21.1 Å². The summed E-state index contributed by atoms with van der Waals surface area (Å²) in [5, 5.41) is 0. The van der Waals surface area contributed by atoms with Gasteiger partial charge in [0.2, 0.25) is 0 Å². The second-order valence-corrected chi connectivity index (χ2v) is 15.6. The molecule has 0 atom stereocenters. The van der Waals surface area contributed by atoms with Gasteiger partial charge in [0, 0.05) is 43.5 Å². The maximum absolute atomic E-state index is 5.14. The van der Waals surface area contributed by atoms with Crippen molar-refractivity contribution in [3.63, 3.8) is 0 Å². The van der Waals surface area contributed by atoms with Gasteiger partial charge in [0.1, 0.15) is 5.82 Å². The maximum Gasteiger partial charge on any atom is 0.145 e. The van der Waals surface area contributed by atoms with Crippen LogP contribution in [0.3, 0.4) is 0 Å². The Kier molecular flexibility index (Phi) is 8.97. The fourth-order valence-electron chi connectivity index (χ4n) is 7.62. The Morgan fingerprint density at radius 3 is 1.91 bits per heavy atom. The second-order valence-electron chi connectivity index (χ2n) is 14.5. The molecule has 0 amide bonds. The van der Waals surface area contributed by atoms with Gasteiger partial charge in [-0.05, 0) is 119 Å². The molecule has 0 aliphatic heterocycles. The van der Waals surface area contributed by atoms with Gasteiger partial charge in [-0.15, -0.1) is 11.3 Å². The van der Waals surface area contributed by atoms with E-state index in [2.05, 4.69) is 212 Å². The van der Waals surface area contributed by atoms with Gasteiger partial charge in [-0.1, -0.05) is 124 Å². The van der Waals surface area contributed by atoms with Gasteiger partial charge in [0.15, 0.2) is 0 Å². The van der Waals surface area contributed by atoms with Crippen LogP contribution in [0.25, 0.3) is 49.0 Å². The molecule has 3 nitrogen and oxygen atoms in total. The molecular formula is C51H41N3S. The van der Waals surface area contributed by atoms with E-state index in [1.165, 1.54) is 32.0 Å². The summed E-state index contributed by atoms with van der Waals surface area (Å²) in [7, 11) is 0. The maximum atomic E-state index is 5.14. The number of rotatable bonds is 7. The van der Waals surface area contributed by atoms with Gasteiger partial charge >= 0.3 is 0 Å². The van der Waals surface area contributed by atoms with Crippen LogP contribution in [0.15, 0.2) is 206 Å². The highest BCUT2D eigenvalue weighted by atomic mass is 32.1. The van der Waals surface area contributed by atoms with E-state index in [4.69, 9.17) is 4.98 Å². The normalized spacial score (nSPS) is 15.3. The van der Waals surface area contributed by atoms with Crippen molar-refractivity contribution >= 4 is 33.7 Å². The highest BCUT2D eigenvalue weighted by Crippen LogP contribution is 2.41. The predicted molar refractivity (Wildman–Crippen MR) is 233 cm³/mol. The van der Waals surface area contributed by atoms with Crippen LogP contribution >= 0.6 is 11.3 Å². The average molecular weight is 728 g/mol. The Labute approximate surface area is 327 Å². The van der Waals surface area contributed by atoms with Crippen molar-refractivity contribution in [1.82, 2.24) is 9.55 Å². The summed E-state index contributed by atoms with van der Waals surface area (Å²) in [6.07, 6.45) is 7.65. The van der Waals surface area contributed by atoms with E-state index >= 15 is 0 Å². The number of fused-ring (bicyclic) bond motifs is 2. The SMILES string of the molecule is C=C1/C=C(N(c2ccc(-c3ccc(-c4ccccc4)s3)cc2)c2ccc(-c3nc4ccccc4n3-c3ccccc3)cc2)\C=C/Cc2ccccc2C1(C)C. The molecular weight excluding hydrogens is 687 g/mol. The van der Waals surface area contributed by atoms with E-state index in [1.807, 2.05) is 17.4 Å². The van der Waals surface area contributed by atoms with Gasteiger partial charge in [-0.3, -0.25) is 4.57 Å². The summed E-state index contributed by atoms with van der Waals surface area (Å²) in [6, 6.07) is 60.4.